The van der Waals surface area contributed by atoms with Gasteiger partial charge in [-0.3, -0.25) is 14.6 Å². The van der Waals surface area contributed by atoms with Crippen LogP contribution in [0, 0.1) is 5.92 Å². The summed E-state index contributed by atoms with van der Waals surface area (Å²) in [5.74, 6) is 0.610. The molecule has 0 bridgehead atoms. The van der Waals surface area contributed by atoms with Crippen molar-refractivity contribution in [1.29, 1.82) is 0 Å². The number of hydrogen-bond donors (Lipinski definition) is 2. The van der Waals surface area contributed by atoms with Crippen LogP contribution in [-0.2, 0) is 4.79 Å². The van der Waals surface area contributed by atoms with E-state index in [2.05, 4.69) is 49.7 Å². The third-order valence-corrected chi connectivity index (χ3v) is 4.48. The second kappa shape index (κ2) is 7.38. The van der Waals surface area contributed by atoms with Gasteiger partial charge in [0.25, 0.3) is 0 Å². The van der Waals surface area contributed by atoms with Crippen molar-refractivity contribution < 1.29 is 4.79 Å². The van der Waals surface area contributed by atoms with E-state index in [9.17, 15) is 4.79 Å². The minimum Gasteiger partial charge on any atom is -0.352 e. The molecule has 1 unspecified atom stereocenters. The van der Waals surface area contributed by atoms with E-state index in [0.717, 1.165) is 26.2 Å². The molecular formula is C15H32N4O. The highest BCUT2D eigenvalue weighted by Crippen LogP contribution is 2.15. The standard InChI is InChI=1S/C15H32N4O/c1-12(2)13(3)17-14(20)10-18-6-8-19(9-7-18)15(4,5)11-16/h12-13H,6-11,16H2,1-5H3,(H,17,20). The molecule has 1 amide bonds. The second-order valence-electron chi connectivity index (χ2n) is 6.88. The molecule has 0 aromatic heterocycles. The number of carbonyl (C=O) groups is 1. The van der Waals surface area contributed by atoms with Crippen LogP contribution in [0.25, 0.3) is 0 Å². The molecule has 0 aliphatic carbocycles. The summed E-state index contributed by atoms with van der Waals surface area (Å²) < 4.78 is 0. The van der Waals surface area contributed by atoms with Crippen molar-refractivity contribution in [2.45, 2.75) is 46.2 Å². The zero-order chi connectivity index (χ0) is 15.3. The Labute approximate surface area is 123 Å². The van der Waals surface area contributed by atoms with Gasteiger partial charge in [0, 0.05) is 44.3 Å². The highest BCUT2D eigenvalue weighted by atomic mass is 16.2. The Kier molecular flexibility index (Phi) is 6.43. The number of nitrogens with zero attached hydrogens (tertiary/aromatic N) is 2. The van der Waals surface area contributed by atoms with Gasteiger partial charge in [0.15, 0.2) is 0 Å². The number of rotatable bonds is 6. The van der Waals surface area contributed by atoms with E-state index in [1.807, 2.05) is 0 Å². The van der Waals surface area contributed by atoms with Crippen LogP contribution in [0.2, 0.25) is 0 Å². The van der Waals surface area contributed by atoms with Gasteiger partial charge >= 0.3 is 0 Å². The molecule has 3 N–H and O–H groups in total. The van der Waals surface area contributed by atoms with Crippen LogP contribution >= 0.6 is 0 Å². The van der Waals surface area contributed by atoms with E-state index in [1.54, 1.807) is 0 Å². The lowest BCUT2D eigenvalue weighted by Crippen LogP contribution is -2.58. The second-order valence-corrected chi connectivity index (χ2v) is 6.88. The first-order valence-electron chi connectivity index (χ1n) is 7.73. The summed E-state index contributed by atoms with van der Waals surface area (Å²) >= 11 is 0. The van der Waals surface area contributed by atoms with Crippen molar-refractivity contribution >= 4 is 5.91 Å². The quantitative estimate of drug-likeness (QED) is 0.746. The van der Waals surface area contributed by atoms with E-state index in [1.165, 1.54) is 0 Å². The highest BCUT2D eigenvalue weighted by molar-refractivity contribution is 5.78. The van der Waals surface area contributed by atoms with Crippen molar-refractivity contribution in [3.63, 3.8) is 0 Å². The van der Waals surface area contributed by atoms with E-state index in [-0.39, 0.29) is 17.5 Å². The van der Waals surface area contributed by atoms with Crippen molar-refractivity contribution in [3.05, 3.63) is 0 Å². The molecule has 0 spiro atoms. The van der Waals surface area contributed by atoms with Gasteiger partial charge in [-0.05, 0) is 26.7 Å². The maximum Gasteiger partial charge on any atom is 0.234 e. The molecule has 1 saturated heterocycles. The molecular weight excluding hydrogens is 252 g/mol. The van der Waals surface area contributed by atoms with Gasteiger partial charge in [-0.2, -0.15) is 0 Å². The fourth-order valence-electron chi connectivity index (χ4n) is 2.31. The van der Waals surface area contributed by atoms with Crippen molar-refractivity contribution in [2.75, 3.05) is 39.3 Å². The maximum atomic E-state index is 12.0. The molecule has 5 heteroatoms. The van der Waals surface area contributed by atoms with Crippen LogP contribution in [0.1, 0.15) is 34.6 Å². The summed E-state index contributed by atoms with van der Waals surface area (Å²) in [7, 11) is 0. The first-order chi connectivity index (χ1) is 9.26. The lowest BCUT2D eigenvalue weighted by molar-refractivity contribution is -0.123. The van der Waals surface area contributed by atoms with Crippen LogP contribution in [0.15, 0.2) is 0 Å². The van der Waals surface area contributed by atoms with E-state index < -0.39 is 0 Å². The van der Waals surface area contributed by atoms with Gasteiger partial charge in [0.2, 0.25) is 5.91 Å². The number of carbonyl (C=O) groups excluding carboxylic acids is 1. The fraction of sp³-hybridized carbons (Fsp3) is 0.933. The van der Waals surface area contributed by atoms with Crippen LogP contribution in [-0.4, -0.2) is 66.6 Å². The number of nitrogens with two attached hydrogens (primary N) is 1. The van der Waals surface area contributed by atoms with Gasteiger partial charge in [-0.15, -0.1) is 0 Å². The van der Waals surface area contributed by atoms with Crippen molar-refractivity contribution in [2.24, 2.45) is 11.7 Å². The summed E-state index contributed by atoms with van der Waals surface area (Å²) in [5.41, 5.74) is 5.87. The molecule has 20 heavy (non-hydrogen) atoms. The monoisotopic (exact) mass is 284 g/mol. The number of amides is 1. The van der Waals surface area contributed by atoms with Crippen LogP contribution in [0.3, 0.4) is 0 Å². The minimum absolute atomic E-state index is 0.0561. The zero-order valence-electron chi connectivity index (χ0n) is 13.8. The summed E-state index contributed by atoms with van der Waals surface area (Å²) in [6.07, 6.45) is 0. The van der Waals surface area contributed by atoms with Crippen molar-refractivity contribution in [3.8, 4) is 0 Å². The summed E-state index contributed by atoms with van der Waals surface area (Å²) in [6, 6.07) is 0.236. The molecule has 5 nitrogen and oxygen atoms in total. The largest absolute Gasteiger partial charge is 0.352 e. The van der Waals surface area contributed by atoms with E-state index in [0.29, 0.717) is 19.0 Å². The summed E-state index contributed by atoms with van der Waals surface area (Å²) in [4.78, 5) is 16.6. The lowest BCUT2D eigenvalue weighted by Gasteiger charge is -2.43. The fourth-order valence-corrected chi connectivity index (χ4v) is 2.31. The average Bonchev–Trinajstić information content (AvgIpc) is 2.39. The van der Waals surface area contributed by atoms with Gasteiger partial charge in [0.1, 0.15) is 0 Å². The molecule has 1 aliphatic rings. The van der Waals surface area contributed by atoms with Crippen LogP contribution in [0.4, 0.5) is 0 Å². The van der Waals surface area contributed by atoms with Crippen LogP contribution < -0.4 is 11.1 Å². The normalized spacial score (nSPS) is 20.1. The van der Waals surface area contributed by atoms with Gasteiger partial charge < -0.3 is 11.1 Å². The zero-order valence-corrected chi connectivity index (χ0v) is 13.8. The third-order valence-electron chi connectivity index (χ3n) is 4.48. The Morgan fingerprint density at radius 3 is 2.20 bits per heavy atom. The molecule has 1 fully saturated rings. The van der Waals surface area contributed by atoms with Gasteiger partial charge in [0.05, 0.1) is 6.54 Å². The van der Waals surface area contributed by atoms with Gasteiger partial charge in [-0.25, -0.2) is 0 Å². The molecule has 1 rings (SSSR count). The molecule has 0 saturated carbocycles. The topological polar surface area (TPSA) is 61.6 Å². The summed E-state index contributed by atoms with van der Waals surface area (Å²) in [6.45, 7) is 15.7. The lowest BCUT2D eigenvalue weighted by atomic mass is 10.0. The van der Waals surface area contributed by atoms with E-state index >= 15 is 0 Å². The Morgan fingerprint density at radius 2 is 1.75 bits per heavy atom. The predicted molar refractivity (Wildman–Crippen MR) is 83.6 cm³/mol. The van der Waals surface area contributed by atoms with Crippen molar-refractivity contribution in [1.82, 2.24) is 15.1 Å². The number of piperazine rings is 1. The molecule has 0 aromatic rings. The average molecular weight is 284 g/mol. The molecule has 0 radical (unpaired) electrons. The molecule has 0 aromatic carbocycles. The summed E-state index contributed by atoms with van der Waals surface area (Å²) in [5, 5.41) is 3.07. The molecule has 1 heterocycles. The Balaban J connectivity index is 2.34. The Hall–Kier alpha value is -0.650. The SMILES string of the molecule is CC(C)C(C)NC(=O)CN1CCN(C(C)(C)CN)CC1. The smallest absolute Gasteiger partial charge is 0.234 e. The third kappa shape index (κ3) is 5.04. The first-order valence-corrected chi connectivity index (χ1v) is 7.73. The maximum absolute atomic E-state index is 12.0. The molecule has 1 atom stereocenters. The van der Waals surface area contributed by atoms with Crippen LogP contribution in [0.5, 0.6) is 0 Å². The Morgan fingerprint density at radius 1 is 1.20 bits per heavy atom. The number of hydrogen-bond acceptors (Lipinski definition) is 4. The predicted octanol–water partition coefficient (Wildman–Crippen LogP) is 0.502. The first kappa shape index (κ1) is 17.4. The van der Waals surface area contributed by atoms with Gasteiger partial charge in [-0.1, -0.05) is 13.8 Å². The number of nitrogens with one attached hydrogen (secondary N) is 1. The Bertz CT molecular complexity index is 309. The minimum atomic E-state index is 0.0561. The highest BCUT2D eigenvalue weighted by Gasteiger charge is 2.29. The molecule has 1 aliphatic heterocycles. The van der Waals surface area contributed by atoms with E-state index in [4.69, 9.17) is 5.73 Å². The molecule has 118 valence electrons.